The van der Waals surface area contributed by atoms with Crippen LogP contribution in [-0.4, -0.2) is 24.4 Å². The molecule has 1 N–H and O–H groups in total. The predicted molar refractivity (Wildman–Crippen MR) is 85.8 cm³/mol. The van der Waals surface area contributed by atoms with Crippen molar-refractivity contribution in [3.05, 3.63) is 65.5 Å². The van der Waals surface area contributed by atoms with Gasteiger partial charge in [-0.15, -0.1) is 0 Å². The zero-order valence-electron chi connectivity index (χ0n) is 12.8. The number of carbonyl (C=O) groups is 2. The fraction of sp³-hybridized carbons (Fsp3) is 0.222. The number of carbonyl (C=O) groups excluding carboxylic acids is 2. The summed E-state index contributed by atoms with van der Waals surface area (Å²) in [5.74, 6) is -0.772. The first kappa shape index (κ1) is 15.2. The molecule has 0 aliphatic carbocycles. The van der Waals surface area contributed by atoms with Crippen LogP contribution in [0.4, 0.5) is 10.1 Å². The molecule has 2 aromatic rings. The van der Waals surface area contributed by atoms with Gasteiger partial charge in [0.15, 0.2) is 0 Å². The van der Waals surface area contributed by atoms with E-state index in [1.807, 2.05) is 19.1 Å². The second-order valence-electron chi connectivity index (χ2n) is 5.65. The van der Waals surface area contributed by atoms with Gasteiger partial charge in [-0.3, -0.25) is 9.59 Å². The van der Waals surface area contributed by atoms with Gasteiger partial charge in [0.2, 0.25) is 5.91 Å². The van der Waals surface area contributed by atoms with Crippen LogP contribution in [0.2, 0.25) is 0 Å². The minimum Gasteiger partial charge on any atom is -0.340 e. The average molecular weight is 312 g/mol. The molecule has 1 heterocycles. The van der Waals surface area contributed by atoms with Gasteiger partial charge in [-0.05, 0) is 49.7 Å². The molecule has 0 aromatic heterocycles. The van der Waals surface area contributed by atoms with Gasteiger partial charge in [-0.2, -0.15) is 0 Å². The Balaban J connectivity index is 1.68. The first-order valence-corrected chi connectivity index (χ1v) is 7.49. The standard InChI is InChI=1S/C18H17FN2O2/c1-12-2-4-13(5-3-12)17(22)20-16-10-11-21(18(16)23)15-8-6-14(19)7-9-15/h2-9,16H,10-11H2,1H3,(H,20,22)/t16-/m0/s1. The molecule has 2 amide bonds. The van der Waals surface area contributed by atoms with Crippen molar-refractivity contribution in [1.29, 1.82) is 0 Å². The van der Waals surface area contributed by atoms with Crippen molar-refractivity contribution in [2.45, 2.75) is 19.4 Å². The Morgan fingerprint density at radius 3 is 2.43 bits per heavy atom. The highest BCUT2D eigenvalue weighted by Gasteiger charge is 2.33. The Morgan fingerprint density at radius 2 is 1.78 bits per heavy atom. The van der Waals surface area contributed by atoms with Gasteiger partial charge in [0.1, 0.15) is 11.9 Å². The van der Waals surface area contributed by atoms with Crippen LogP contribution in [0.5, 0.6) is 0 Å². The molecule has 0 bridgehead atoms. The molecule has 5 heteroatoms. The number of halogens is 1. The normalized spacial score (nSPS) is 17.4. The molecule has 0 radical (unpaired) electrons. The fourth-order valence-corrected chi connectivity index (χ4v) is 2.64. The first-order chi connectivity index (χ1) is 11.0. The number of nitrogens with zero attached hydrogens (tertiary/aromatic N) is 1. The summed E-state index contributed by atoms with van der Waals surface area (Å²) in [6, 6.07) is 12.4. The first-order valence-electron chi connectivity index (χ1n) is 7.49. The number of hydrogen-bond donors (Lipinski definition) is 1. The highest BCUT2D eigenvalue weighted by molar-refractivity contribution is 6.03. The zero-order chi connectivity index (χ0) is 16.4. The number of hydrogen-bond acceptors (Lipinski definition) is 2. The Bertz CT molecular complexity index is 726. The molecule has 23 heavy (non-hydrogen) atoms. The van der Waals surface area contributed by atoms with Crippen molar-refractivity contribution in [3.63, 3.8) is 0 Å². The zero-order valence-corrected chi connectivity index (χ0v) is 12.8. The Labute approximate surface area is 133 Å². The van der Waals surface area contributed by atoms with E-state index >= 15 is 0 Å². The van der Waals surface area contributed by atoms with E-state index in [1.165, 1.54) is 12.1 Å². The van der Waals surface area contributed by atoms with Gasteiger partial charge in [0, 0.05) is 17.8 Å². The third-order valence-corrected chi connectivity index (χ3v) is 3.96. The van der Waals surface area contributed by atoms with Crippen molar-refractivity contribution >= 4 is 17.5 Å². The highest BCUT2D eigenvalue weighted by Crippen LogP contribution is 2.22. The number of rotatable bonds is 3. The third-order valence-electron chi connectivity index (χ3n) is 3.96. The molecular weight excluding hydrogens is 295 g/mol. The van der Waals surface area contributed by atoms with Crippen LogP contribution in [0.25, 0.3) is 0 Å². The molecule has 0 unspecified atom stereocenters. The molecule has 4 nitrogen and oxygen atoms in total. The van der Waals surface area contributed by atoms with E-state index in [0.29, 0.717) is 24.2 Å². The number of amides is 2. The topological polar surface area (TPSA) is 49.4 Å². The molecule has 1 saturated heterocycles. The monoisotopic (exact) mass is 312 g/mol. The number of aryl methyl sites for hydroxylation is 1. The molecule has 1 aliphatic rings. The molecule has 2 aromatic carbocycles. The van der Waals surface area contributed by atoms with E-state index in [2.05, 4.69) is 5.32 Å². The fourth-order valence-electron chi connectivity index (χ4n) is 2.64. The molecule has 1 fully saturated rings. The largest absolute Gasteiger partial charge is 0.340 e. The maximum Gasteiger partial charge on any atom is 0.251 e. The summed E-state index contributed by atoms with van der Waals surface area (Å²) < 4.78 is 13.0. The van der Waals surface area contributed by atoms with E-state index < -0.39 is 6.04 Å². The number of anilines is 1. The van der Waals surface area contributed by atoms with E-state index in [9.17, 15) is 14.0 Å². The molecular formula is C18H17FN2O2. The summed E-state index contributed by atoms with van der Waals surface area (Å²) in [5.41, 5.74) is 2.24. The Morgan fingerprint density at radius 1 is 1.13 bits per heavy atom. The van der Waals surface area contributed by atoms with Crippen LogP contribution in [0, 0.1) is 12.7 Å². The molecule has 0 saturated carbocycles. The lowest BCUT2D eigenvalue weighted by Gasteiger charge is -2.17. The maximum absolute atomic E-state index is 13.0. The minimum atomic E-state index is -0.547. The van der Waals surface area contributed by atoms with E-state index in [0.717, 1.165) is 5.56 Å². The van der Waals surface area contributed by atoms with Gasteiger partial charge < -0.3 is 10.2 Å². The molecule has 1 aliphatic heterocycles. The molecule has 0 spiro atoms. The van der Waals surface area contributed by atoms with Crippen LogP contribution in [0.3, 0.4) is 0 Å². The quantitative estimate of drug-likeness (QED) is 0.947. The molecule has 3 rings (SSSR count). The number of benzene rings is 2. The van der Waals surface area contributed by atoms with Crippen molar-refractivity contribution in [3.8, 4) is 0 Å². The summed E-state index contributed by atoms with van der Waals surface area (Å²) in [7, 11) is 0. The SMILES string of the molecule is Cc1ccc(C(=O)N[C@H]2CCN(c3ccc(F)cc3)C2=O)cc1. The Kier molecular flexibility index (Phi) is 4.10. The van der Waals surface area contributed by atoms with Crippen LogP contribution < -0.4 is 10.2 Å². The smallest absolute Gasteiger partial charge is 0.251 e. The van der Waals surface area contributed by atoms with Crippen molar-refractivity contribution in [2.75, 3.05) is 11.4 Å². The minimum absolute atomic E-state index is 0.169. The van der Waals surface area contributed by atoms with Gasteiger partial charge in [0.05, 0.1) is 0 Å². The average Bonchev–Trinajstić information content (AvgIpc) is 2.90. The summed E-state index contributed by atoms with van der Waals surface area (Å²) in [5, 5.41) is 2.77. The lowest BCUT2D eigenvalue weighted by atomic mass is 10.1. The highest BCUT2D eigenvalue weighted by atomic mass is 19.1. The third kappa shape index (κ3) is 3.23. The van der Waals surface area contributed by atoms with E-state index in [4.69, 9.17) is 0 Å². The van der Waals surface area contributed by atoms with Gasteiger partial charge >= 0.3 is 0 Å². The molecule has 118 valence electrons. The van der Waals surface area contributed by atoms with Crippen LogP contribution >= 0.6 is 0 Å². The summed E-state index contributed by atoms with van der Waals surface area (Å²) in [4.78, 5) is 26.2. The maximum atomic E-state index is 13.0. The van der Waals surface area contributed by atoms with Crippen molar-refractivity contribution < 1.29 is 14.0 Å². The van der Waals surface area contributed by atoms with Crippen molar-refractivity contribution in [2.24, 2.45) is 0 Å². The molecule has 1 atom stereocenters. The lowest BCUT2D eigenvalue weighted by molar-refractivity contribution is -0.118. The van der Waals surface area contributed by atoms with Crippen LogP contribution in [0.1, 0.15) is 22.3 Å². The van der Waals surface area contributed by atoms with Gasteiger partial charge in [-0.1, -0.05) is 17.7 Å². The van der Waals surface area contributed by atoms with Gasteiger partial charge in [-0.25, -0.2) is 4.39 Å². The summed E-state index contributed by atoms with van der Waals surface area (Å²) in [6.07, 6.45) is 0.536. The second-order valence-corrected chi connectivity index (χ2v) is 5.65. The van der Waals surface area contributed by atoms with Crippen LogP contribution in [0.15, 0.2) is 48.5 Å². The summed E-state index contributed by atoms with van der Waals surface area (Å²) >= 11 is 0. The number of nitrogens with one attached hydrogen (secondary N) is 1. The summed E-state index contributed by atoms with van der Waals surface area (Å²) in [6.45, 7) is 2.45. The van der Waals surface area contributed by atoms with Crippen molar-refractivity contribution in [1.82, 2.24) is 5.32 Å². The second kappa shape index (κ2) is 6.20. The Hall–Kier alpha value is -2.69. The predicted octanol–water partition coefficient (Wildman–Crippen LogP) is 2.67. The lowest BCUT2D eigenvalue weighted by Crippen LogP contribution is -2.41. The van der Waals surface area contributed by atoms with E-state index in [1.54, 1.807) is 29.2 Å². The van der Waals surface area contributed by atoms with Gasteiger partial charge in [0.25, 0.3) is 5.91 Å². The van der Waals surface area contributed by atoms with Crippen LogP contribution in [-0.2, 0) is 4.79 Å². The van der Waals surface area contributed by atoms with E-state index in [-0.39, 0.29) is 17.6 Å².